The predicted octanol–water partition coefficient (Wildman–Crippen LogP) is 2.97. The minimum Gasteiger partial charge on any atom is -0.354 e. The zero-order valence-electron chi connectivity index (χ0n) is 19.0. The summed E-state index contributed by atoms with van der Waals surface area (Å²) in [4.78, 5) is 21.7. The van der Waals surface area contributed by atoms with Crippen LogP contribution in [0.25, 0.3) is 11.8 Å². The van der Waals surface area contributed by atoms with Gasteiger partial charge in [-0.1, -0.05) is 24.3 Å². The Morgan fingerprint density at radius 2 is 1.81 bits per heavy atom. The Hall–Kier alpha value is -3.45. The number of anilines is 1. The fraction of sp³-hybridized carbons (Fsp3) is 0.320. The summed E-state index contributed by atoms with van der Waals surface area (Å²) in [7, 11) is 2.14. The van der Waals surface area contributed by atoms with Gasteiger partial charge in [-0.3, -0.25) is 4.79 Å². The van der Waals surface area contributed by atoms with Gasteiger partial charge in [-0.15, -0.1) is 0 Å². The minimum absolute atomic E-state index is 0.135. The van der Waals surface area contributed by atoms with Crippen LogP contribution in [0.4, 0.5) is 5.82 Å². The van der Waals surface area contributed by atoms with Gasteiger partial charge < -0.3 is 15.1 Å². The monoisotopic (exact) mass is 430 g/mol. The van der Waals surface area contributed by atoms with Crippen molar-refractivity contribution in [2.75, 3.05) is 38.1 Å². The number of hydrogen-bond acceptors (Lipinski definition) is 5. The van der Waals surface area contributed by atoms with E-state index in [9.17, 15) is 4.79 Å². The Morgan fingerprint density at radius 1 is 1.06 bits per heavy atom. The van der Waals surface area contributed by atoms with E-state index in [0.29, 0.717) is 6.54 Å². The second-order valence-corrected chi connectivity index (χ2v) is 8.16. The van der Waals surface area contributed by atoms with Crippen LogP contribution in [-0.2, 0) is 11.3 Å². The van der Waals surface area contributed by atoms with Crippen molar-refractivity contribution in [3.8, 4) is 5.69 Å². The van der Waals surface area contributed by atoms with E-state index < -0.39 is 0 Å². The number of para-hydroxylation sites is 1. The van der Waals surface area contributed by atoms with Gasteiger partial charge in [0.25, 0.3) is 0 Å². The van der Waals surface area contributed by atoms with Crippen LogP contribution in [0.15, 0.2) is 54.7 Å². The lowest BCUT2D eigenvalue weighted by Crippen LogP contribution is -2.45. The molecule has 1 aliphatic rings. The highest BCUT2D eigenvalue weighted by molar-refractivity contribution is 5.92. The molecule has 1 aromatic carbocycles. The first kappa shape index (κ1) is 21.8. The third-order valence-corrected chi connectivity index (χ3v) is 5.87. The molecule has 32 heavy (non-hydrogen) atoms. The summed E-state index contributed by atoms with van der Waals surface area (Å²) < 4.78 is 1.91. The van der Waals surface area contributed by atoms with E-state index in [1.165, 1.54) is 0 Å². The zero-order chi connectivity index (χ0) is 22.5. The Labute approximate surface area is 189 Å². The molecule has 0 unspecified atom stereocenters. The number of hydrogen-bond donors (Lipinski definition) is 1. The maximum atomic E-state index is 12.6. The number of carbonyl (C=O) groups excluding carboxylic acids is 1. The molecule has 3 heterocycles. The van der Waals surface area contributed by atoms with Gasteiger partial charge in [0.15, 0.2) is 0 Å². The van der Waals surface area contributed by atoms with Crippen LogP contribution in [0, 0.1) is 13.8 Å². The van der Waals surface area contributed by atoms with Gasteiger partial charge in [0, 0.05) is 61.8 Å². The van der Waals surface area contributed by atoms with E-state index in [1.807, 2.05) is 73.3 Å². The fourth-order valence-corrected chi connectivity index (χ4v) is 3.99. The highest BCUT2D eigenvalue weighted by Crippen LogP contribution is 2.20. The molecule has 0 radical (unpaired) electrons. The molecule has 0 atom stereocenters. The van der Waals surface area contributed by atoms with E-state index in [0.717, 1.165) is 60.2 Å². The molecule has 3 aromatic rings. The summed E-state index contributed by atoms with van der Waals surface area (Å²) in [5.74, 6) is 0.824. The van der Waals surface area contributed by atoms with Crippen molar-refractivity contribution < 1.29 is 4.79 Å². The van der Waals surface area contributed by atoms with Gasteiger partial charge in [-0.2, -0.15) is 5.10 Å². The molecule has 1 aliphatic heterocycles. The summed E-state index contributed by atoms with van der Waals surface area (Å²) >= 11 is 0. The van der Waals surface area contributed by atoms with Crippen LogP contribution in [0.5, 0.6) is 0 Å². The van der Waals surface area contributed by atoms with Gasteiger partial charge in [-0.05, 0) is 45.2 Å². The topological polar surface area (TPSA) is 66.3 Å². The molecule has 7 heteroatoms. The van der Waals surface area contributed by atoms with Gasteiger partial charge in [-0.25, -0.2) is 9.67 Å². The predicted molar refractivity (Wildman–Crippen MR) is 128 cm³/mol. The van der Waals surface area contributed by atoms with E-state index in [2.05, 4.69) is 32.2 Å². The molecule has 0 saturated carbocycles. The summed E-state index contributed by atoms with van der Waals surface area (Å²) in [6.45, 7) is 8.34. The lowest BCUT2D eigenvalue weighted by molar-refractivity contribution is -0.116. The number of carbonyl (C=O) groups is 1. The number of aromatic nitrogens is 3. The van der Waals surface area contributed by atoms with E-state index in [4.69, 9.17) is 0 Å². The van der Waals surface area contributed by atoms with Crippen molar-refractivity contribution in [3.63, 3.8) is 0 Å². The van der Waals surface area contributed by atoms with Gasteiger partial charge in [0.1, 0.15) is 5.82 Å². The lowest BCUT2D eigenvalue weighted by atomic mass is 10.1. The number of piperazine rings is 1. The largest absolute Gasteiger partial charge is 0.354 e. The summed E-state index contributed by atoms with van der Waals surface area (Å²) in [6.07, 6.45) is 5.24. The maximum Gasteiger partial charge on any atom is 0.244 e. The number of nitrogens with zero attached hydrogens (tertiary/aromatic N) is 5. The van der Waals surface area contributed by atoms with Crippen LogP contribution in [0.1, 0.15) is 22.5 Å². The molecule has 1 amide bonds. The van der Waals surface area contributed by atoms with Crippen molar-refractivity contribution in [1.29, 1.82) is 0 Å². The first-order valence-electron chi connectivity index (χ1n) is 11.0. The van der Waals surface area contributed by atoms with Crippen molar-refractivity contribution in [2.45, 2.75) is 20.4 Å². The highest BCUT2D eigenvalue weighted by atomic mass is 16.1. The molecule has 1 N–H and O–H groups in total. The van der Waals surface area contributed by atoms with E-state index >= 15 is 0 Å². The first-order chi connectivity index (χ1) is 15.5. The minimum atomic E-state index is -0.135. The zero-order valence-corrected chi connectivity index (χ0v) is 19.0. The van der Waals surface area contributed by atoms with Crippen LogP contribution in [0.2, 0.25) is 0 Å². The highest BCUT2D eigenvalue weighted by Gasteiger charge is 2.18. The molecule has 0 aliphatic carbocycles. The number of likely N-dealkylation sites (N-methyl/N-ethyl adjacent to an activating group) is 1. The number of aryl methyl sites for hydroxylation is 1. The molecule has 2 aromatic heterocycles. The molecule has 1 saturated heterocycles. The Morgan fingerprint density at radius 3 is 2.56 bits per heavy atom. The summed E-state index contributed by atoms with van der Waals surface area (Å²) in [6, 6.07) is 14.0. The fourth-order valence-electron chi connectivity index (χ4n) is 3.99. The van der Waals surface area contributed by atoms with Crippen molar-refractivity contribution in [1.82, 2.24) is 25.0 Å². The molecule has 166 valence electrons. The van der Waals surface area contributed by atoms with Crippen molar-refractivity contribution in [3.05, 3.63) is 77.3 Å². The normalized spacial score (nSPS) is 14.8. The van der Waals surface area contributed by atoms with Crippen LogP contribution in [-0.4, -0.2) is 58.8 Å². The van der Waals surface area contributed by atoms with Gasteiger partial charge in [0.2, 0.25) is 5.91 Å². The molecular weight excluding hydrogens is 400 g/mol. The Kier molecular flexibility index (Phi) is 6.66. The lowest BCUT2D eigenvalue weighted by Gasteiger charge is -2.34. The third-order valence-electron chi connectivity index (χ3n) is 5.87. The molecule has 4 rings (SSSR count). The molecule has 0 spiro atoms. The number of nitrogens with one attached hydrogen (secondary N) is 1. The maximum absolute atomic E-state index is 12.6. The number of pyridine rings is 1. The van der Waals surface area contributed by atoms with Crippen molar-refractivity contribution >= 4 is 17.8 Å². The second-order valence-electron chi connectivity index (χ2n) is 8.16. The number of rotatable bonds is 6. The van der Waals surface area contributed by atoms with E-state index in [1.54, 1.807) is 6.08 Å². The van der Waals surface area contributed by atoms with Crippen molar-refractivity contribution in [2.24, 2.45) is 0 Å². The van der Waals surface area contributed by atoms with Crippen LogP contribution < -0.4 is 10.2 Å². The number of amides is 1. The summed E-state index contributed by atoms with van der Waals surface area (Å²) in [5.41, 5.74) is 4.89. The molecule has 7 nitrogen and oxygen atoms in total. The Balaban J connectivity index is 1.42. The van der Waals surface area contributed by atoms with Crippen LogP contribution >= 0.6 is 0 Å². The van der Waals surface area contributed by atoms with Gasteiger partial charge >= 0.3 is 0 Å². The average Bonchev–Trinajstić information content (AvgIpc) is 3.11. The average molecular weight is 431 g/mol. The second kappa shape index (κ2) is 9.78. The third kappa shape index (κ3) is 4.89. The molecule has 0 bridgehead atoms. The molecule has 1 fully saturated rings. The molecular formula is C25H30N6O. The SMILES string of the molecule is Cc1nn(-c2ccccc2)c(C)c1/C=C/C(=O)NCc1cccnc1N1CCN(C)CC1. The number of benzene rings is 1. The van der Waals surface area contributed by atoms with E-state index in [-0.39, 0.29) is 5.91 Å². The smallest absolute Gasteiger partial charge is 0.244 e. The quantitative estimate of drug-likeness (QED) is 0.609. The van der Waals surface area contributed by atoms with Gasteiger partial charge in [0.05, 0.1) is 11.4 Å². The Bertz CT molecular complexity index is 1100. The standard InChI is InChI=1S/C25H30N6O/c1-19-23(20(2)31(28-19)22-9-5-4-6-10-22)11-12-24(32)27-18-21-8-7-13-26-25(21)30-16-14-29(3)15-17-30/h4-13H,14-18H2,1-3H3,(H,27,32)/b12-11+. The first-order valence-corrected chi connectivity index (χ1v) is 11.0. The van der Waals surface area contributed by atoms with Crippen LogP contribution in [0.3, 0.4) is 0 Å². The summed E-state index contributed by atoms with van der Waals surface area (Å²) in [5, 5.41) is 7.64.